The Balaban J connectivity index is 1.89. The van der Waals surface area contributed by atoms with Gasteiger partial charge in [0.25, 0.3) is 0 Å². The van der Waals surface area contributed by atoms with E-state index < -0.39 is 0 Å². The Labute approximate surface area is 81.7 Å². The van der Waals surface area contributed by atoms with Crippen LogP contribution in [-0.4, -0.2) is 37.1 Å². The standard InChI is InChI=1S/C11H22N2/c1-3-9(2)13-5-4-10-6-12-7-11(10)8-13/h9-12H,3-8H2,1-2H3. The molecule has 2 nitrogen and oxygen atoms in total. The molecule has 0 bridgehead atoms. The van der Waals surface area contributed by atoms with Gasteiger partial charge in [-0.2, -0.15) is 0 Å². The highest BCUT2D eigenvalue weighted by molar-refractivity contribution is 4.88. The number of fused-ring (bicyclic) bond motifs is 1. The van der Waals surface area contributed by atoms with Crippen LogP contribution in [0.2, 0.25) is 0 Å². The lowest BCUT2D eigenvalue weighted by Crippen LogP contribution is -2.44. The van der Waals surface area contributed by atoms with Gasteiger partial charge in [-0.05, 0) is 51.2 Å². The van der Waals surface area contributed by atoms with Crippen molar-refractivity contribution in [3.8, 4) is 0 Å². The number of nitrogens with zero attached hydrogens (tertiary/aromatic N) is 1. The average molecular weight is 182 g/mol. The van der Waals surface area contributed by atoms with Crippen LogP contribution in [0.4, 0.5) is 0 Å². The fraction of sp³-hybridized carbons (Fsp3) is 1.00. The van der Waals surface area contributed by atoms with Crippen LogP contribution in [0.15, 0.2) is 0 Å². The van der Waals surface area contributed by atoms with Crippen LogP contribution in [0.1, 0.15) is 26.7 Å². The number of nitrogens with one attached hydrogen (secondary N) is 1. The summed E-state index contributed by atoms with van der Waals surface area (Å²) in [6, 6.07) is 0.793. The third-order valence-corrected chi connectivity index (χ3v) is 3.95. The average Bonchev–Trinajstić information content (AvgIpc) is 2.63. The van der Waals surface area contributed by atoms with E-state index in [4.69, 9.17) is 0 Å². The normalized spacial score (nSPS) is 37.4. The van der Waals surface area contributed by atoms with Gasteiger partial charge in [0.15, 0.2) is 0 Å². The summed E-state index contributed by atoms with van der Waals surface area (Å²) in [7, 11) is 0. The monoisotopic (exact) mass is 182 g/mol. The first-order valence-electron chi connectivity index (χ1n) is 5.76. The molecule has 2 rings (SSSR count). The minimum absolute atomic E-state index is 0.793. The van der Waals surface area contributed by atoms with E-state index >= 15 is 0 Å². The van der Waals surface area contributed by atoms with Crippen molar-refractivity contribution in [2.75, 3.05) is 26.2 Å². The van der Waals surface area contributed by atoms with Crippen molar-refractivity contribution in [3.05, 3.63) is 0 Å². The van der Waals surface area contributed by atoms with Crippen LogP contribution >= 0.6 is 0 Å². The van der Waals surface area contributed by atoms with Crippen LogP contribution in [-0.2, 0) is 0 Å². The number of hydrogen-bond acceptors (Lipinski definition) is 2. The highest BCUT2D eigenvalue weighted by Crippen LogP contribution is 2.27. The predicted molar refractivity (Wildman–Crippen MR) is 55.8 cm³/mol. The van der Waals surface area contributed by atoms with E-state index in [0.717, 1.165) is 17.9 Å². The summed E-state index contributed by atoms with van der Waals surface area (Å²) in [5.41, 5.74) is 0. The fourth-order valence-electron chi connectivity index (χ4n) is 2.72. The number of hydrogen-bond donors (Lipinski definition) is 1. The molecule has 2 fully saturated rings. The number of likely N-dealkylation sites (tertiary alicyclic amines) is 1. The molecular formula is C11H22N2. The zero-order chi connectivity index (χ0) is 9.26. The van der Waals surface area contributed by atoms with Crippen molar-refractivity contribution in [1.29, 1.82) is 0 Å². The first-order valence-corrected chi connectivity index (χ1v) is 5.76. The third-order valence-electron chi connectivity index (χ3n) is 3.95. The quantitative estimate of drug-likeness (QED) is 0.693. The minimum atomic E-state index is 0.793. The molecule has 2 aliphatic heterocycles. The Hall–Kier alpha value is -0.0800. The Kier molecular flexibility index (Phi) is 2.89. The maximum absolute atomic E-state index is 3.52. The van der Waals surface area contributed by atoms with Gasteiger partial charge in [0.2, 0.25) is 0 Å². The molecule has 2 saturated heterocycles. The van der Waals surface area contributed by atoms with E-state index in [1.165, 1.54) is 39.0 Å². The van der Waals surface area contributed by atoms with E-state index in [9.17, 15) is 0 Å². The molecule has 3 atom stereocenters. The van der Waals surface area contributed by atoms with Crippen molar-refractivity contribution >= 4 is 0 Å². The van der Waals surface area contributed by atoms with Gasteiger partial charge < -0.3 is 10.2 Å². The predicted octanol–water partition coefficient (Wildman–Crippen LogP) is 1.33. The summed E-state index contributed by atoms with van der Waals surface area (Å²) < 4.78 is 0. The lowest BCUT2D eigenvalue weighted by molar-refractivity contribution is 0.109. The van der Waals surface area contributed by atoms with Gasteiger partial charge in [-0.15, -0.1) is 0 Å². The highest BCUT2D eigenvalue weighted by Gasteiger charge is 2.33. The molecular weight excluding hydrogens is 160 g/mol. The lowest BCUT2D eigenvalue weighted by Gasteiger charge is -2.37. The van der Waals surface area contributed by atoms with Crippen LogP contribution in [0, 0.1) is 11.8 Å². The summed E-state index contributed by atoms with van der Waals surface area (Å²) >= 11 is 0. The molecule has 0 aliphatic carbocycles. The zero-order valence-electron chi connectivity index (χ0n) is 8.92. The third kappa shape index (κ3) is 1.89. The molecule has 0 amide bonds. The molecule has 3 unspecified atom stereocenters. The molecule has 0 saturated carbocycles. The highest BCUT2D eigenvalue weighted by atomic mass is 15.2. The zero-order valence-corrected chi connectivity index (χ0v) is 8.92. The molecule has 0 radical (unpaired) electrons. The van der Waals surface area contributed by atoms with E-state index in [0.29, 0.717) is 0 Å². The van der Waals surface area contributed by atoms with E-state index in [1.54, 1.807) is 0 Å². The smallest absolute Gasteiger partial charge is 0.00644 e. The summed E-state index contributed by atoms with van der Waals surface area (Å²) in [6.45, 7) is 9.87. The number of piperidine rings is 1. The Morgan fingerprint density at radius 3 is 2.92 bits per heavy atom. The molecule has 0 aromatic carbocycles. The number of rotatable bonds is 2. The maximum atomic E-state index is 3.52. The van der Waals surface area contributed by atoms with Crippen LogP contribution in [0.25, 0.3) is 0 Å². The molecule has 2 aliphatic rings. The van der Waals surface area contributed by atoms with Crippen molar-refractivity contribution in [2.45, 2.75) is 32.7 Å². The SMILES string of the molecule is CCC(C)N1CCC2CNCC2C1. The molecule has 2 heterocycles. The molecule has 76 valence electrons. The summed E-state index contributed by atoms with van der Waals surface area (Å²) in [4.78, 5) is 2.67. The summed E-state index contributed by atoms with van der Waals surface area (Å²) in [5.74, 6) is 1.93. The molecule has 0 spiro atoms. The maximum Gasteiger partial charge on any atom is 0.00644 e. The van der Waals surface area contributed by atoms with Gasteiger partial charge in [-0.1, -0.05) is 6.92 Å². The molecule has 1 N–H and O–H groups in total. The largest absolute Gasteiger partial charge is 0.316 e. The van der Waals surface area contributed by atoms with Crippen LogP contribution in [0.5, 0.6) is 0 Å². The molecule has 13 heavy (non-hydrogen) atoms. The van der Waals surface area contributed by atoms with E-state index in [2.05, 4.69) is 24.1 Å². The second-order valence-electron chi connectivity index (χ2n) is 4.72. The lowest BCUT2D eigenvalue weighted by atomic mass is 9.88. The summed E-state index contributed by atoms with van der Waals surface area (Å²) in [5, 5.41) is 3.52. The Bertz CT molecular complexity index is 169. The Morgan fingerprint density at radius 2 is 2.15 bits per heavy atom. The molecule has 2 heteroatoms. The fourth-order valence-corrected chi connectivity index (χ4v) is 2.72. The topological polar surface area (TPSA) is 15.3 Å². The molecule has 0 aromatic rings. The van der Waals surface area contributed by atoms with Crippen LogP contribution in [0.3, 0.4) is 0 Å². The van der Waals surface area contributed by atoms with Crippen molar-refractivity contribution in [3.63, 3.8) is 0 Å². The summed E-state index contributed by atoms with van der Waals surface area (Å²) in [6.07, 6.45) is 2.72. The van der Waals surface area contributed by atoms with Crippen molar-refractivity contribution < 1.29 is 0 Å². The van der Waals surface area contributed by atoms with Gasteiger partial charge in [-0.25, -0.2) is 0 Å². The van der Waals surface area contributed by atoms with Gasteiger partial charge in [-0.3, -0.25) is 0 Å². The van der Waals surface area contributed by atoms with Gasteiger partial charge in [0.05, 0.1) is 0 Å². The first kappa shape index (κ1) is 9.47. The van der Waals surface area contributed by atoms with Gasteiger partial charge in [0, 0.05) is 12.6 Å². The molecule has 0 aromatic heterocycles. The van der Waals surface area contributed by atoms with Gasteiger partial charge >= 0.3 is 0 Å². The van der Waals surface area contributed by atoms with Crippen molar-refractivity contribution in [1.82, 2.24) is 10.2 Å². The minimum Gasteiger partial charge on any atom is -0.316 e. The second kappa shape index (κ2) is 3.97. The van der Waals surface area contributed by atoms with Crippen LogP contribution < -0.4 is 5.32 Å². The first-order chi connectivity index (χ1) is 6.31. The van der Waals surface area contributed by atoms with Crippen molar-refractivity contribution in [2.24, 2.45) is 11.8 Å². The van der Waals surface area contributed by atoms with E-state index in [1.807, 2.05) is 0 Å². The van der Waals surface area contributed by atoms with E-state index in [-0.39, 0.29) is 0 Å². The second-order valence-corrected chi connectivity index (χ2v) is 4.72. The Morgan fingerprint density at radius 1 is 1.38 bits per heavy atom. The van der Waals surface area contributed by atoms with Gasteiger partial charge in [0.1, 0.15) is 0 Å².